The Morgan fingerprint density at radius 1 is 1.30 bits per heavy atom. The maximum absolute atomic E-state index is 12.4. The fourth-order valence-corrected chi connectivity index (χ4v) is 3.85. The lowest BCUT2D eigenvalue weighted by Gasteiger charge is -2.24. The highest BCUT2D eigenvalue weighted by atomic mass is 16.5. The normalized spacial score (nSPS) is 17.3. The van der Waals surface area contributed by atoms with Gasteiger partial charge in [-0.2, -0.15) is 0 Å². The van der Waals surface area contributed by atoms with E-state index in [2.05, 4.69) is 16.0 Å². The summed E-state index contributed by atoms with van der Waals surface area (Å²) in [5, 5.41) is 0. The molecule has 0 radical (unpaired) electrons. The van der Waals surface area contributed by atoms with E-state index < -0.39 is 0 Å². The summed E-state index contributed by atoms with van der Waals surface area (Å²) in [6.07, 6.45) is 2.80. The Labute approximate surface area is 160 Å². The van der Waals surface area contributed by atoms with Gasteiger partial charge in [0, 0.05) is 17.8 Å². The number of ether oxygens (including phenoxy) is 2. The first-order valence-electron chi connectivity index (χ1n) is 9.70. The molecule has 3 rings (SSSR count). The number of likely N-dealkylation sites (tertiary alicyclic amines) is 1. The van der Waals surface area contributed by atoms with Crippen molar-refractivity contribution in [1.29, 1.82) is 0 Å². The zero-order valence-electron chi connectivity index (χ0n) is 16.7. The summed E-state index contributed by atoms with van der Waals surface area (Å²) in [6.45, 7) is 8.25. The number of aromatic nitrogens is 2. The quantitative estimate of drug-likeness (QED) is 0.808. The van der Waals surface area contributed by atoms with Crippen LogP contribution in [-0.4, -0.2) is 35.1 Å². The number of rotatable bonds is 7. The van der Waals surface area contributed by atoms with Crippen LogP contribution in [0.2, 0.25) is 0 Å². The Morgan fingerprint density at radius 3 is 2.78 bits per heavy atom. The minimum absolute atomic E-state index is 0.00501. The molecule has 146 valence electrons. The number of methoxy groups -OCH3 is 1. The molecule has 0 unspecified atom stereocenters. The monoisotopic (exact) mass is 371 g/mol. The van der Waals surface area contributed by atoms with E-state index in [4.69, 9.17) is 14.5 Å². The molecule has 0 amide bonds. The van der Waals surface area contributed by atoms with E-state index in [0.717, 1.165) is 60.1 Å². The van der Waals surface area contributed by atoms with Gasteiger partial charge in [-0.1, -0.05) is 13.0 Å². The fraction of sp³-hybridized carbons (Fsp3) is 0.524. The molecule has 2 aromatic rings. The molecule has 0 saturated carbocycles. The third-order valence-electron chi connectivity index (χ3n) is 5.19. The molecule has 0 spiro atoms. The molecule has 1 fully saturated rings. The molecule has 27 heavy (non-hydrogen) atoms. The van der Waals surface area contributed by atoms with Gasteiger partial charge in [0.1, 0.15) is 5.82 Å². The van der Waals surface area contributed by atoms with E-state index in [0.29, 0.717) is 13.0 Å². The highest BCUT2D eigenvalue weighted by Crippen LogP contribution is 2.33. The van der Waals surface area contributed by atoms with Crippen molar-refractivity contribution in [3.63, 3.8) is 0 Å². The van der Waals surface area contributed by atoms with E-state index >= 15 is 0 Å². The minimum Gasteiger partial charge on any atom is -0.493 e. The first-order chi connectivity index (χ1) is 13.1. The largest absolute Gasteiger partial charge is 0.493 e. The van der Waals surface area contributed by atoms with Crippen LogP contribution < -0.4 is 15.0 Å². The lowest BCUT2D eigenvalue weighted by molar-refractivity contribution is 0.238. The van der Waals surface area contributed by atoms with E-state index in [1.54, 1.807) is 7.11 Å². The Hall–Kier alpha value is -2.34. The standard InChI is InChI=1S/C21H29N3O3/c1-5-16-14(3)22-20(23-21(16)25)17-8-7-11-24(17)13-15-9-10-18(27-6-2)19(12-15)26-4/h9-10,12,17H,5-8,11,13H2,1-4H3,(H,22,23,25)/t17-/m1/s1. The third kappa shape index (κ3) is 4.16. The molecule has 1 saturated heterocycles. The highest BCUT2D eigenvalue weighted by Gasteiger charge is 2.28. The second kappa shape index (κ2) is 8.57. The summed E-state index contributed by atoms with van der Waals surface area (Å²) in [5.41, 5.74) is 2.77. The van der Waals surface area contributed by atoms with Crippen molar-refractivity contribution >= 4 is 0 Å². The van der Waals surface area contributed by atoms with Crippen LogP contribution in [0.5, 0.6) is 11.5 Å². The topological polar surface area (TPSA) is 67.5 Å². The third-order valence-corrected chi connectivity index (χ3v) is 5.19. The smallest absolute Gasteiger partial charge is 0.254 e. The number of nitrogens with zero attached hydrogens (tertiary/aromatic N) is 2. The number of nitrogens with one attached hydrogen (secondary N) is 1. The predicted molar refractivity (Wildman–Crippen MR) is 106 cm³/mol. The molecular weight excluding hydrogens is 342 g/mol. The molecule has 1 atom stereocenters. The Morgan fingerprint density at radius 2 is 2.11 bits per heavy atom. The van der Waals surface area contributed by atoms with Crippen LogP contribution in [0.15, 0.2) is 23.0 Å². The fourth-order valence-electron chi connectivity index (χ4n) is 3.85. The van der Waals surface area contributed by atoms with E-state index in [1.165, 1.54) is 0 Å². The minimum atomic E-state index is -0.00501. The molecule has 1 aromatic heterocycles. The average Bonchev–Trinajstić information content (AvgIpc) is 3.11. The number of benzene rings is 1. The summed E-state index contributed by atoms with van der Waals surface area (Å²) in [4.78, 5) is 22.5. The maximum Gasteiger partial charge on any atom is 0.254 e. The zero-order valence-corrected chi connectivity index (χ0v) is 16.7. The van der Waals surface area contributed by atoms with Gasteiger partial charge in [-0.25, -0.2) is 4.98 Å². The molecule has 6 heteroatoms. The van der Waals surface area contributed by atoms with Crippen molar-refractivity contribution in [2.45, 2.75) is 52.6 Å². The first-order valence-corrected chi connectivity index (χ1v) is 9.70. The summed E-state index contributed by atoms with van der Waals surface area (Å²) in [5.74, 6) is 2.29. The van der Waals surface area contributed by atoms with Crippen molar-refractivity contribution in [1.82, 2.24) is 14.9 Å². The highest BCUT2D eigenvalue weighted by molar-refractivity contribution is 5.43. The Bertz CT molecular complexity index is 847. The second-order valence-corrected chi connectivity index (χ2v) is 6.92. The Kier molecular flexibility index (Phi) is 6.16. The van der Waals surface area contributed by atoms with Crippen LogP contribution in [0.1, 0.15) is 55.4 Å². The lowest BCUT2D eigenvalue weighted by atomic mass is 10.1. The van der Waals surface area contributed by atoms with Gasteiger partial charge in [-0.05, 0) is 57.4 Å². The molecule has 2 heterocycles. The average molecular weight is 371 g/mol. The van der Waals surface area contributed by atoms with Gasteiger partial charge in [0.05, 0.1) is 19.8 Å². The van der Waals surface area contributed by atoms with Gasteiger partial charge in [-0.3, -0.25) is 9.69 Å². The van der Waals surface area contributed by atoms with Crippen molar-refractivity contribution in [2.75, 3.05) is 20.3 Å². The molecule has 1 aliphatic heterocycles. The van der Waals surface area contributed by atoms with Crippen LogP contribution in [0.3, 0.4) is 0 Å². The van der Waals surface area contributed by atoms with Crippen LogP contribution in [0, 0.1) is 6.92 Å². The zero-order chi connectivity index (χ0) is 19.4. The van der Waals surface area contributed by atoms with E-state index in [9.17, 15) is 4.79 Å². The summed E-state index contributed by atoms with van der Waals surface area (Å²) < 4.78 is 11.1. The van der Waals surface area contributed by atoms with Gasteiger partial charge in [-0.15, -0.1) is 0 Å². The van der Waals surface area contributed by atoms with Crippen molar-refractivity contribution in [3.8, 4) is 11.5 Å². The lowest BCUT2D eigenvalue weighted by Crippen LogP contribution is -2.28. The van der Waals surface area contributed by atoms with Gasteiger partial charge >= 0.3 is 0 Å². The number of aromatic amines is 1. The second-order valence-electron chi connectivity index (χ2n) is 6.92. The van der Waals surface area contributed by atoms with Gasteiger partial charge in [0.25, 0.3) is 5.56 Å². The van der Waals surface area contributed by atoms with Gasteiger partial charge < -0.3 is 14.5 Å². The van der Waals surface area contributed by atoms with E-state index in [-0.39, 0.29) is 11.6 Å². The summed E-state index contributed by atoms with van der Waals surface area (Å²) in [6, 6.07) is 6.20. The number of aryl methyl sites for hydroxylation is 1. The number of hydrogen-bond acceptors (Lipinski definition) is 5. The van der Waals surface area contributed by atoms with Crippen LogP contribution in [0.25, 0.3) is 0 Å². The van der Waals surface area contributed by atoms with Gasteiger partial charge in [0.2, 0.25) is 0 Å². The molecule has 1 aromatic carbocycles. The molecule has 6 nitrogen and oxygen atoms in total. The molecular formula is C21H29N3O3. The number of hydrogen-bond donors (Lipinski definition) is 1. The van der Waals surface area contributed by atoms with Crippen LogP contribution in [-0.2, 0) is 13.0 Å². The van der Waals surface area contributed by atoms with Crippen LogP contribution in [0.4, 0.5) is 0 Å². The predicted octanol–water partition coefficient (Wildman–Crippen LogP) is 3.39. The Balaban J connectivity index is 1.82. The molecule has 1 N–H and O–H groups in total. The van der Waals surface area contributed by atoms with Crippen molar-refractivity contribution < 1.29 is 9.47 Å². The SMILES string of the molecule is CCOc1ccc(CN2CCC[C@@H]2c2nc(C)c(CC)c(=O)[nH]2)cc1OC. The summed E-state index contributed by atoms with van der Waals surface area (Å²) in [7, 11) is 1.66. The first kappa shape index (κ1) is 19.4. The van der Waals surface area contributed by atoms with E-state index in [1.807, 2.05) is 32.9 Å². The van der Waals surface area contributed by atoms with Gasteiger partial charge in [0.15, 0.2) is 11.5 Å². The molecule has 1 aliphatic rings. The van der Waals surface area contributed by atoms with Crippen molar-refractivity contribution in [3.05, 3.63) is 51.2 Å². The summed E-state index contributed by atoms with van der Waals surface area (Å²) >= 11 is 0. The number of H-pyrrole nitrogens is 1. The maximum atomic E-state index is 12.4. The van der Waals surface area contributed by atoms with Crippen LogP contribution >= 0.6 is 0 Å². The molecule has 0 aliphatic carbocycles. The van der Waals surface area contributed by atoms with Crippen molar-refractivity contribution in [2.24, 2.45) is 0 Å². The molecule has 0 bridgehead atoms.